The highest BCUT2D eigenvalue weighted by atomic mass is 16.5. The van der Waals surface area contributed by atoms with Gasteiger partial charge in [-0.1, -0.05) is 29.8 Å². The minimum atomic E-state index is -1.23. The number of hydrogen-bond acceptors (Lipinski definition) is 8. The maximum Gasteiger partial charge on any atom is 0.335 e. The highest BCUT2D eigenvalue weighted by molar-refractivity contribution is 6.24. The van der Waals surface area contributed by atoms with Crippen LogP contribution in [0, 0.1) is 29.6 Å². The van der Waals surface area contributed by atoms with Gasteiger partial charge in [0.25, 0.3) is 0 Å². The number of benzene rings is 3. The fraction of sp³-hybridized carbons (Fsp3) is 0.257. The predicted molar refractivity (Wildman–Crippen MR) is 164 cm³/mol. The van der Waals surface area contributed by atoms with Crippen molar-refractivity contribution in [1.29, 1.82) is 0 Å². The number of imide groups is 2. The molecular formula is C35H28N2O10. The van der Waals surface area contributed by atoms with Gasteiger partial charge in [0.1, 0.15) is 11.5 Å². The fourth-order valence-corrected chi connectivity index (χ4v) is 7.92. The molecule has 12 heteroatoms. The number of methoxy groups -OCH3 is 1. The molecule has 238 valence electrons. The Kier molecular flexibility index (Phi) is 6.96. The first-order valence-corrected chi connectivity index (χ1v) is 15.0. The van der Waals surface area contributed by atoms with Crippen LogP contribution in [0.3, 0.4) is 0 Å². The van der Waals surface area contributed by atoms with E-state index in [2.05, 4.69) is 0 Å². The van der Waals surface area contributed by atoms with Crippen molar-refractivity contribution in [1.82, 2.24) is 0 Å². The first-order chi connectivity index (χ1) is 22.5. The number of phenolic OH excluding ortho intramolecular Hbond substituents is 1. The number of aromatic carboxylic acids is 2. The molecule has 3 N–H and O–H groups in total. The monoisotopic (exact) mass is 636 g/mol. The zero-order chi connectivity index (χ0) is 33.3. The molecule has 2 aliphatic heterocycles. The summed E-state index contributed by atoms with van der Waals surface area (Å²) in [7, 11) is 1.44. The number of aromatic hydroxyl groups is 1. The molecule has 0 unspecified atom stereocenters. The first-order valence-electron chi connectivity index (χ1n) is 15.0. The summed E-state index contributed by atoms with van der Waals surface area (Å²) in [4.78, 5) is 81.6. The molecule has 0 bridgehead atoms. The smallest absolute Gasteiger partial charge is 0.335 e. The van der Waals surface area contributed by atoms with Crippen LogP contribution in [0.25, 0.3) is 0 Å². The van der Waals surface area contributed by atoms with E-state index in [1.54, 1.807) is 12.1 Å². The lowest BCUT2D eigenvalue weighted by molar-refractivity contribution is -0.126. The fourth-order valence-electron chi connectivity index (χ4n) is 7.92. The van der Waals surface area contributed by atoms with Gasteiger partial charge in [0, 0.05) is 17.5 Å². The summed E-state index contributed by atoms with van der Waals surface area (Å²) in [5.41, 5.74) is 1.03. The Labute approximate surface area is 267 Å². The molecule has 3 fully saturated rings. The van der Waals surface area contributed by atoms with Crippen LogP contribution >= 0.6 is 0 Å². The summed E-state index contributed by atoms with van der Waals surface area (Å²) in [6.45, 7) is 0. The van der Waals surface area contributed by atoms with Gasteiger partial charge in [-0.25, -0.2) is 9.59 Å². The molecule has 0 aromatic heterocycles. The topological polar surface area (TPSA) is 179 Å². The third-order valence-corrected chi connectivity index (χ3v) is 9.92. The van der Waals surface area contributed by atoms with Crippen LogP contribution in [0.1, 0.15) is 45.0 Å². The van der Waals surface area contributed by atoms with Crippen LogP contribution in [0.4, 0.5) is 11.4 Å². The van der Waals surface area contributed by atoms with Gasteiger partial charge >= 0.3 is 11.9 Å². The number of allylic oxidation sites excluding steroid dienone is 2. The van der Waals surface area contributed by atoms with Gasteiger partial charge in [-0.05, 0) is 61.2 Å². The second kappa shape index (κ2) is 10.9. The molecule has 4 amide bonds. The number of anilines is 2. The molecule has 0 radical (unpaired) electrons. The van der Waals surface area contributed by atoms with Gasteiger partial charge in [-0.3, -0.25) is 29.0 Å². The highest BCUT2D eigenvalue weighted by Gasteiger charge is 2.62. The lowest BCUT2D eigenvalue weighted by Crippen LogP contribution is -2.43. The SMILES string of the molecule is COc1ccc([C@H]2C3=CC[C@@H]4C(=O)N(c5cccc(C(=O)O)c5)C(=O)[C@@H]4[C@@H]3C[C@H]3C(=O)N(c4cccc(C(=O)O)c4)C(=O)[C@@H]23)c(O)c1. The van der Waals surface area contributed by atoms with E-state index >= 15 is 0 Å². The lowest BCUT2D eigenvalue weighted by Gasteiger charge is -2.44. The molecule has 4 aliphatic rings. The summed E-state index contributed by atoms with van der Waals surface area (Å²) < 4.78 is 5.26. The molecule has 2 aliphatic carbocycles. The molecule has 3 aromatic carbocycles. The molecule has 12 nitrogen and oxygen atoms in total. The average Bonchev–Trinajstić information content (AvgIpc) is 3.47. The summed E-state index contributed by atoms with van der Waals surface area (Å²) in [5.74, 6) is -9.50. The largest absolute Gasteiger partial charge is 0.508 e. The number of rotatable bonds is 6. The zero-order valence-electron chi connectivity index (χ0n) is 24.9. The van der Waals surface area contributed by atoms with Crippen LogP contribution in [0.2, 0.25) is 0 Å². The van der Waals surface area contributed by atoms with Gasteiger partial charge < -0.3 is 20.1 Å². The van der Waals surface area contributed by atoms with Crippen LogP contribution in [0.15, 0.2) is 78.4 Å². The number of amides is 4. The van der Waals surface area contributed by atoms with Gasteiger partial charge in [0.05, 0.1) is 53.3 Å². The van der Waals surface area contributed by atoms with E-state index in [1.165, 1.54) is 61.7 Å². The minimum Gasteiger partial charge on any atom is -0.508 e. The molecule has 2 saturated heterocycles. The molecule has 7 rings (SSSR count). The molecule has 2 heterocycles. The van der Waals surface area contributed by atoms with Crippen molar-refractivity contribution >= 4 is 46.9 Å². The van der Waals surface area contributed by atoms with Crippen molar-refractivity contribution in [3.05, 3.63) is 95.1 Å². The number of carbonyl (C=O) groups is 6. The number of hydrogen-bond donors (Lipinski definition) is 3. The van der Waals surface area contributed by atoms with Crippen molar-refractivity contribution in [2.45, 2.75) is 18.8 Å². The van der Waals surface area contributed by atoms with Gasteiger partial charge in [-0.2, -0.15) is 0 Å². The van der Waals surface area contributed by atoms with Gasteiger partial charge in [0.2, 0.25) is 23.6 Å². The van der Waals surface area contributed by atoms with Gasteiger partial charge in [-0.15, -0.1) is 0 Å². The summed E-state index contributed by atoms with van der Waals surface area (Å²) >= 11 is 0. The van der Waals surface area contributed by atoms with E-state index in [0.717, 1.165) is 9.80 Å². The zero-order valence-corrected chi connectivity index (χ0v) is 24.9. The Bertz CT molecular complexity index is 1950. The van der Waals surface area contributed by atoms with Crippen molar-refractivity contribution < 1.29 is 48.8 Å². The van der Waals surface area contributed by atoms with E-state index in [9.17, 15) is 44.1 Å². The Morgan fingerprint density at radius 1 is 0.723 bits per heavy atom. The molecule has 6 atom stereocenters. The van der Waals surface area contributed by atoms with Crippen molar-refractivity contribution in [3.8, 4) is 11.5 Å². The number of ether oxygens (including phenoxy) is 1. The van der Waals surface area contributed by atoms with Crippen molar-refractivity contribution in [2.24, 2.45) is 29.6 Å². The minimum absolute atomic E-state index is 0.0623. The first kappa shape index (κ1) is 29.9. The Hall–Kier alpha value is -5.78. The second-order valence-electron chi connectivity index (χ2n) is 12.2. The Morgan fingerprint density at radius 2 is 1.30 bits per heavy atom. The molecule has 3 aromatic rings. The summed E-state index contributed by atoms with van der Waals surface area (Å²) in [6, 6.07) is 15.7. The number of carboxylic acids is 2. The van der Waals surface area contributed by atoms with E-state index in [-0.39, 0.29) is 41.1 Å². The maximum atomic E-state index is 14.2. The number of phenols is 1. The molecule has 1 saturated carbocycles. The molecular weight excluding hydrogens is 608 g/mol. The third kappa shape index (κ3) is 4.50. The van der Waals surface area contributed by atoms with E-state index in [1.807, 2.05) is 6.08 Å². The molecule has 0 spiro atoms. The van der Waals surface area contributed by atoms with E-state index < -0.39 is 71.1 Å². The second-order valence-corrected chi connectivity index (χ2v) is 12.2. The summed E-state index contributed by atoms with van der Waals surface area (Å²) in [5, 5.41) is 30.2. The standard InChI is InChI=1S/C35H28N2O10/c1-47-20-8-9-22(26(38)14-20)27-21-10-11-23-28(32(41)36(30(23)39)18-6-2-4-16(12-18)34(43)44)24(21)15-25-29(27)33(42)37(31(25)40)19-7-3-5-17(13-19)35(45)46/h2-10,12-14,23-25,27-29,38H,11,15H2,1H3,(H,43,44)(H,45,46)/t23-,24+,25+,27+,28-,29+/m0/s1. The van der Waals surface area contributed by atoms with Gasteiger partial charge in [0.15, 0.2) is 0 Å². The van der Waals surface area contributed by atoms with Crippen LogP contribution in [-0.4, -0.2) is 58.0 Å². The van der Waals surface area contributed by atoms with E-state index in [4.69, 9.17) is 4.74 Å². The molecule has 47 heavy (non-hydrogen) atoms. The highest BCUT2D eigenvalue weighted by Crippen LogP contribution is 2.59. The van der Waals surface area contributed by atoms with E-state index in [0.29, 0.717) is 16.9 Å². The van der Waals surface area contributed by atoms with Crippen molar-refractivity contribution in [3.63, 3.8) is 0 Å². The average molecular weight is 637 g/mol. The lowest BCUT2D eigenvalue weighted by atomic mass is 9.57. The number of carboxylic acid groups (broad SMARTS) is 2. The third-order valence-electron chi connectivity index (χ3n) is 9.92. The Balaban J connectivity index is 1.34. The predicted octanol–water partition coefficient (Wildman–Crippen LogP) is 3.84. The van der Waals surface area contributed by atoms with Crippen molar-refractivity contribution in [2.75, 3.05) is 16.9 Å². The maximum absolute atomic E-state index is 14.2. The van der Waals surface area contributed by atoms with Crippen LogP contribution in [-0.2, 0) is 19.2 Å². The number of carbonyl (C=O) groups excluding carboxylic acids is 4. The Morgan fingerprint density at radius 3 is 1.85 bits per heavy atom. The summed E-state index contributed by atoms with van der Waals surface area (Å²) in [6.07, 6.45) is 2.05. The normalized spacial score (nSPS) is 26.4. The van der Waals surface area contributed by atoms with Crippen LogP contribution < -0.4 is 14.5 Å². The number of fused-ring (bicyclic) bond motifs is 4. The number of nitrogens with zero attached hydrogens (tertiary/aromatic N) is 2. The quantitative estimate of drug-likeness (QED) is 0.266. The van der Waals surface area contributed by atoms with Crippen LogP contribution in [0.5, 0.6) is 11.5 Å².